The highest BCUT2D eigenvalue weighted by molar-refractivity contribution is 6.30. The van der Waals surface area contributed by atoms with Crippen LogP contribution in [0.15, 0.2) is 11.6 Å². The predicted molar refractivity (Wildman–Crippen MR) is 60.7 cm³/mol. The molecule has 0 aliphatic rings. The predicted octanol–water partition coefficient (Wildman–Crippen LogP) is 3.37. The molecule has 1 nitrogen and oxygen atoms in total. The summed E-state index contributed by atoms with van der Waals surface area (Å²) in [6, 6.07) is 0. The second-order valence-electron chi connectivity index (χ2n) is 5.21. The SMILES string of the molecule is [B]C(C)(C)C(=N)/C=C(\C)C(C)(C)C. The number of hydrogen-bond acceptors (Lipinski definition) is 1. The van der Waals surface area contributed by atoms with E-state index in [1.165, 1.54) is 5.57 Å². The second-order valence-corrected chi connectivity index (χ2v) is 5.21. The van der Waals surface area contributed by atoms with Gasteiger partial charge < -0.3 is 5.41 Å². The van der Waals surface area contributed by atoms with Crippen molar-refractivity contribution in [2.45, 2.75) is 46.9 Å². The summed E-state index contributed by atoms with van der Waals surface area (Å²) in [6.07, 6.45) is 1.88. The molecule has 0 rings (SSSR count). The van der Waals surface area contributed by atoms with Gasteiger partial charge in [-0.2, -0.15) is 0 Å². The fourth-order valence-electron chi connectivity index (χ4n) is 0.619. The smallest absolute Gasteiger partial charge is 0.0824 e. The molecule has 0 aliphatic carbocycles. The molecule has 72 valence electrons. The molecule has 0 spiro atoms. The topological polar surface area (TPSA) is 23.9 Å². The molecule has 13 heavy (non-hydrogen) atoms. The fourth-order valence-corrected chi connectivity index (χ4v) is 0.619. The van der Waals surface area contributed by atoms with E-state index in [1.807, 2.05) is 26.8 Å². The zero-order chi connectivity index (χ0) is 10.9. The van der Waals surface area contributed by atoms with Crippen LogP contribution in [-0.4, -0.2) is 13.6 Å². The monoisotopic (exact) mass is 177 g/mol. The Morgan fingerprint density at radius 1 is 1.15 bits per heavy atom. The van der Waals surface area contributed by atoms with Crippen LogP contribution >= 0.6 is 0 Å². The molecule has 2 radical (unpaired) electrons. The normalized spacial score (nSPS) is 14.5. The molecule has 0 amide bonds. The Morgan fingerprint density at radius 3 is 1.77 bits per heavy atom. The van der Waals surface area contributed by atoms with Gasteiger partial charge in [0.15, 0.2) is 0 Å². The Hall–Kier alpha value is -0.525. The van der Waals surface area contributed by atoms with Crippen molar-refractivity contribution < 1.29 is 0 Å². The molecular weight excluding hydrogens is 157 g/mol. The molecule has 1 N–H and O–H groups in total. The van der Waals surface area contributed by atoms with E-state index in [4.69, 9.17) is 13.3 Å². The lowest BCUT2D eigenvalue weighted by Crippen LogP contribution is -2.16. The van der Waals surface area contributed by atoms with E-state index < -0.39 is 5.31 Å². The molecule has 0 aromatic rings. The highest BCUT2D eigenvalue weighted by Gasteiger charge is 2.18. The van der Waals surface area contributed by atoms with Crippen LogP contribution in [0.2, 0.25) is 5.31 Å². The maximum atomic E-state index is 7.75. The largest absolute Gasteiger partial charge is 0.306 e. The molecule has 0 aromatic heterocycles. The van der Waals surface area contributed by atoms with Gasteiger partial charge >= 0.3 is 0 Å². The zero-order valence-electron chi connectivity index (χ0n) is 9.65. The van der Waals surface area contributed by atoms with E-state index in [1.54, 1.807) is 0 Å². The Bertz CT molecular complexity index is 225. The van der Waals surface area contributed by atoms with Crippen LogP contribution < -0.4 is 0 Å². The van der Waals surface area contributed by atoms with Crippen molar-refractivity contribution >= 4 is 13.6 Å². The van der Waals surface area contributed by atoms with Crippen molar-refractivity contribution in [3.05, 3.63) is 11.6 Å². The van der Waals surface area contributed by atoms with E-state index in [0.717, 1.165) is 0 Å². The van der Waals surface area contributed by atoms with Crippen molar-refractivity contribution in [3.63, 3.8) is 0 Å². The quantitative estimate of drug-likeness (QED) is 0.494. The second kappa shape index (κ2) is 3.69. The molecule has 0 atom stereocenters. The Morgan fingerprint density at radius 2 is 1.54 bits per heavy atom. The molecule has 0 heterocycles. The third kappa shape index (κ3) is 4.30. The molecular formula is C11H20BN. The average Bonchev–Trinajstić information content (AvgIpc) is 1.82. The van der Waals surface area contributed by atoms with Gasteiger partial charge in [0.25, 0.3) is 0 Å². The van der Waals surface area contributed by atoms with Gasteiger partial charge in [-0.25, -0.2) is 0 Å². The highest BCUT2D eigenvalue weighted by Crippen LogP contribution is 2.28. The van der Waals surface area contributed by atoms with Crippen LogP contribution in [-0.2, 0) is 0 Å². The van der Waals surface area contributed by atoms with Crippen LogP contribution in [0.3, 0.4) is 0 Å². The van der Waals surface area contributed by atoms with Gasteiger partial charge in [-0.05, 0) is 23.7 Å². The number of allylic oxidation sites excluding steroid dienone is 2. The van der Waals surface area contributed by atoms with E-state index in [9.17, 15) is 0 Å². The summed E-state index contributed by atoms with van der Waals surface area (Å²) in [5, 5.41) is 7.21. The van der Waals surface area contributed by atoms with Crippen molar-refractivity contribution in [1.82, 2.24) is 0 Å². The number of rotatable bonds is 2. The number of nitrogens with one attached hydrogen (secondary N) is 1. The van der Waals surface area contributed by atoms with Crippen LogP contribution in [0.25, 0.3) is 0 Å². The van der Waals surface area contributed by atoms with Crippen LogP contribution in [0.5, 0.6) is 0 Å². The minimum atomic E-state index is -0.535. The van der Waals surface area contributed by atoms with Crippen LogP contribution in [0.4, 0.5) is 0 Å². The van der Waals surface area contributed by atoms with Crippen molar-refractivity contribution in [3.8, 4) is 0 Å². The molecule has 0 saturated heterocycles. The molecule has 0 bridgehead atoms. The summed E-state index contributed by atoms with van der Waals surface area (Å²) in [4.78, 5) is 0. The van der Waals surface area contributed by atoms with Crippen LogP contribution in [0.1, 0.15) is 41.5 Å². The lowest BCUT2D eigenvalue weighted by molar-refractivity contribution is 0.504. The maximum absolute atomic E-state index is 7.75. The van der Waals surface area contributed by atoms with Gasteiger partial charge in [0, 0.05) is 5.71 Å². The third-order valence-electron chi connectivity index (χ3n) is 2.24. The van der Waals surface area contributed by atoms with Crippen molar-refractivity contribution in [1.29, 1.82) is 5.41 Å². The maximum Gasteiger partial charge on any atom is 0.0824 e. The van der Waals surface area contributed by atoms with E-state index in [0.29, 0.717) is 5.71 Å². The van der Waals surface area contributed by atoms with E-state index in [-0.39, 0.29) is 5.41 Å². The summed E-state index contributed by atoms with van der Waals surface area (Å²) in [6.45, 7) is 12.1. The summed E-state index contributed by atoms with van der Waals surface area (Å²) in [5.74, 6) is 0. The lowest BCUT2D eigenvalue weighted by atomic mass is 9.68. The molecule has 2 heteroatoms. The van der Waals surface area contributed by atoms with Crippen molar-refractivity contribution in [2.75, 3.05) is 0 Å². The van der Waals surface area contributed by atoms with Gasteiger partial charge in [-0.3, -0.25) is 0 Å². The zero-order valence-corrected chi connectivity index (χ0v) is 9.65. The Labute approximate surface area is 83.5 Å². The van der Waals surface area contributed by atoms with Gasteiger partial charge in [0.05, 0.1) is 7.85 Å². The van der Waals surface area contributed by atoms with Gasteiger partial charge in [0.2, 0.25) is 0 Å². The van der Waals surface area contributed by atoms with E-state index >= 15 is 0 Å². The first-order valence-corrected chi connectivity index (χ1v) is 4.62. The summed E-state index contributed by atoms with van der Waals surface area (Å²) in [7, 11) is 5.80. The van der Waals surface area contributed by atoms with Gasteiger partial charge in [-0.15, -0.1) is 0 Å². The standard InChI is InChI=1S/C11H20BN/c1-8(10(2,3)4)7-9(13)11(5,6)12/h7,13H,1-6H3/b8-7+,13-9?. The van der Waals surface area contributed by atoms with Crippen molar-refractivity contribution in [2.24, 2.45) is 5.41 Å². The minimum absolute atomic E-state index is 0.123. The molecule has 0 aliphatic heterocycles. The third-order valence-corrected chi connectivity index (χ3v) is 2.24. The molecule has 0 aromatic carbocycles. The summed E-state index contributed by atoms with van der Waals surface area (Å²) >= 11 is 0. The Balaban J connectivity index is 4.70. The number of hydrogen-bond donors (Lipinski definition) is 1. The van der Waals surface area contributed by atoms with E-state index in [2.05, 4.69) is 20.8 Å². The molecule has 0 unspecified atom stereocenters. The minimum Gasteiger partial charge on any atom is -0.306 e. The first kappa shape index (κ1) is 12.5. The summed E-state index contributed by atoms with van der Waals surface area (Å²) < 4.78 is 0. The average molecular weight is 177 g/mol. The van der Waals surface area contributed by atoms with Gasteiger partial charge in [-0.1, -0.05) is 40.2 Å². The fraction of sp³-hybridized carbons (Fsp3) is 0.727. The first-order chi connectivity index (χ1) is 5.55. The Kier molecular flexibility index (Phi) is 3.54. The molecule has 0 saturated carbocycles. The lowest BCUT2D eigenvalue weighted by Gasteiger charge is -2.23. The molecule has 0 fully saturated rings. The highest BCUT2D eigenvalue weighted by atomic mass is 14.4. The van der Waals surface area contributed by atoms with Gasteiger partial charge in [0.1, 0.15) is 0 Å². The van der Waals surface area contributed by atoms with Crippen LogP contribution in [0, 0.1) is 10.8 Å². The first-order valence-electron chi connectivity index (χ1n) is 4.62. The summed E-state index contributed by atoms with van der Waals surface area (Å²) in [5.41, 5.74) is 1.80.